The fourth-order valence-electron chi connectivity index (χ4n) is 2.79. The van der Waals surface area contributed by atoms with Crippen LogP contribution < -0.4 is 19.7 Å². The molecule has 0 aromatic heterocycles. The Labute approximate surface area is 160 Å². The van der Waals surface area contributed by atoms with Gasteiger partial charge in [-0.25, -0.2) is 0 Å². The van der Waals surface area contributed by atoms with Crippen LogP contribution in [0.15, 0.2) is 48.5 Å². The summed E-state index contributed by atoms with van der Waals surface area (Å²) in [6, 6.07) is 15.0. The molecule has 0 spiro atoms. The lowest BCUT2D eigenvalue weighted by molar-refractivity contribution is -0.127. The monoisotopic (exact) mass is 370 g/mol. The molecule has 0 atom stereocenters. The molecule has 0 unspecified atom stereocenters. The van der Waals surface area contributed by atoms with E-state index in [1.165, 1.54) is 0 Å². The molecule has 1 N–H and O–H groups in total. The van der Waals surface area contributed by atoms with Gasteiger partial charge in [-0.2, -0.15) is 0 Å². The number of rotatable bonds is 9. The lowest BCUT2D eigenvalue weighted by Crippen LogP contribution is -2.36. The smallest absolute Gasteiger partial charge is 0.236 e. The van der Waals surface area contributed by atoms with Gasteiger partial charge in [-0.3, -0.25) is 9.59 Å². The molecule has 0 heterocycles. The summed E-state index contributed by atoms with van der Waals surface area (Å²) in [7, 11) is 3.17. The van der Waals surface area contributed by atoms with Crippen molar-refractivity contribution in [2.24, 2.45) is 0 Å². The fraction of sp³-hybridized carbons (Fsp3) is 0.333. The zero-order valence-corrected chi connectivity index (χ0v) is 16.0. The highest BCUT2D eigenvalue weighted by atomic mass is 16.5. The highest BCUT2D eigenvalue weighted by Crippen LogP contribution is 2.27. The average Bonchev–Trinajstić information content (AvgIpc) is 2.69. The van der Waals surface area contributed by atoms with Crippen molar-refractivity contribution in [3.05, 3.63) is 54.1 Å². The number of para-hydroxylation sites is 1. The minimum absolute atomic E-state index is 0.172. The summed E-state index contributed by atoms with van der Waals surface area (Å²) in [5.41, 5.74) is 1.81. The molecule has 2 rings (SSSR count). The second-order valence-electron chi connectivity index (χ2n) is 5.94. The quantitative estimate of drug-likeness (QED) is 0.689. The van der Waals surface area contributed by atoms with E-state index in [0.717, 1.165) is 11.3 Å². The molecule has 0 fully saturated rings. The molecule has 6 nitrogen and oxygen atoms in total. The molecule has 27 heavy (non-hydrogen) atoms. The van der Waals surface area contributed by atoms with Crippen LogP contribution in [0.1, 0.15) is 18.9 Å². The number of carbonyl (C=O) groups is 2. The Morgan fingerprint density at radius 3 is 2.33 bits per heavy atom. The van der Waals surface area contributed by atoms with Gasteiger partial charge in [0, 0.05) is 18.8 Å². The molecule has 0 saturated heterocycles. The first kappa shape index (κ1) is 20.3. The molecule has 2 aromatic carbocycles. The van der Waals surface area contributed by atoms with Crippen LogP contribution in [0, 0.1) is 0 Å². The van der Waals surface area contributed by atoms with E-state index >= 15 is 0 Å². The van der Waals surface area contributed by atoms with E-state index in [1.54, 1.807) is 19.1 Å². The molecule has 2 aromatic rings. The predicted molar refractivity (Wildman–Crippen MR) is 105 cm³/mol. The summed E-state index contributed by atoms with van der Waals surface area (Å²) in [5, 5.41) is 2.80. The first-order chi connectivity index (χ1) is 13.1. The zero-order valence-electron chi connectivity index (χ0n) is 16.0. The van der Waals surface area contributed by atoms with Crippen molar-refractivity contribution in [1.29, 1.82) is 0 Å². The molecular weight excluding hydrogens is 344 g/mol. The van der Waals surface area contributed by atoms with E-state index in [4.69, 9.17) is 9.47 Å². The van der Waals surface area contributed by atoms with E-state index in [2.05, 4.69) is 5.32 Å². The number of carbonyl (C=O) groups excluding carboxylic acids is 2. The van der Waals surface area contributed by atoms with Crippen LogP contribution in [0.2, 0.25) is 0 Å². The van der Waals surface area contributed by atoms with E-state index in [0.29, 0.717) is 31.0 Å². The summed E-state index contributed by atoms with van der Waals surface area (Å²) in [4.78, 5) is 26.1. The fourth-order valence-corrected chi connectivity index (χ4v) is 2.79. The molecular formula is C21H26N2O4. The van der Waals surface area contributed by atoms with Crippen LogP contribution in [0.4, 0.5) is 5.69 Å². The Morgan fingerprint density at radius 2 is 1.70 bits per heavy atom. The van der Waals surface area contributed by atoms with Gasteiger partial charge >= 0.3 is 0 Å². The predicted octanol–water partition coefficient (Wildman–Crippen LogP) is 2.81. The first-order valence-electron chi connectivity index (χ1n) is 8.92. The summed E-state index contributed by atoms with van der Waals surface area (Å²) in [5.74, 6) is 0.816. The zero-order chi connectivity index (χ0) is 19.6. The Morgan fingerprint density at radius 1 is 1.00 bits per heavy atom. The Balaban J connectivity index is 1.84. The number of amides is 2. The van der Waals surface area contributed by atoms with E-state index in [1.807, 2.05) is 55.5 Å². The van der Waals surface area contributed by atoms with Crippen molar-refractivity contribution in [3.63, 3.8) is 0 Å². The molecule has 0 radical (unpaired) electrons. The lowest BCUT2D eigenvalue weighted by atomic mass is 10.1. The molecule has 0 aliphatic heterocycles. The van der Waals surface area contributed by atoms with Crippen LogP contribution in [-0.4, -0.2) is 39.1 Å². The van der Waals surface area contributed by atoms with Crippen LogP contribution in [0.25, 0.3) is 0 Å². The topological polar surface area (TPSA) is 67.9 Å². The van der Waals surface area contributed by atoms with Crippen LogP contribution >= 0.6 is 0 Å². The average molecular weight is 370 g/mol. The lowest BCUT2D eigenvalue weighted by Gasteiger charge is -2.20. The van der Waals surface area contributed by atoms with Crippen molar-refractivity contribution in [2.75, 3.05) is 32.2 Å². The van der Waals surface area contributed by atoms with Gasteiger partial charge in [0.25, 0.3) is 0 Å². The Bertz CT molecular complexity index is 762. The van der Waals surface area contributed by atoms with E-state index in [9.17, 15) is 9.59 Å². The van der Waals surface area contributed by atoms with E-state index in [-0.39, 0.29) is 18.2 Å². The van der Waals surface area contributed by atoms with Crippen LogP contribution in [-0.2, 0) is 16.0 Å². The minimum atomic E-state index is -0.283. The normalized spacial score (nSPS) is 10.2. The maximum absolute atomic E-state index is 12.4. The molecule has 0 aliphatic carbocycles. The van der Waals surface area contributed by atoms with Gasteiger partial charge in [-0.1, -0.05) is 24.3 Å². The van der Waals surface area contributed by atoms with Crippen molar-refractivity contribution < 1.29 is 19.1 Å². The molecule has 144 valence electrons. The maximum Gasteiger partial charge on any atom is 0.236 e. The first-order valence-corrected chi connectivity index (χ1v) is 8.92. The molecule has 0 aliphatic rings. The summed E-state index contributed by atoms with van der Waals surface area (Å²) in [6.07, 6.45) is 0.463. The summed E-state index contributed by atoms with van der Waals surface area (Å²) in [6.45, 7) is 2.85. The van der Waals surface area contributed by atoms with Gasteiger partial charge in [0.1, 0.15) is 6.42 Å². The van der Waals surface area contributed by atoms with Crippen LogP contribution in [0.5, 0.6) is 11.5 Å². The third kappa shape index (κ3) is 5.74. The van der Waals surface area contributed by atoms with Gasteiger partial charge in [0.2, 0.25) is 11.8 Å². The maximum atomic E-state index is 12.4. The second-order valence-corrected chi connectivity index (χ2v) is 5.94. The third-order valence-corrected chi connectivity index (χ3v) is 4.18. The molecule has 2 amide bonds. The Hall–Kier alpha value is -3.02. The molecule has 0 saturated carbocycles. The SMILES string of the molecule is CCN(C(=O)CC(=O)NCCc1ccc(OC)c(OC)c1)c1ccccc1. The van der Waals surface area contributed by atoms with Gasteiger partial charge in [0.05, 0.1) is 14.2 Å². The van der Waals surface area contributed by atoms with Crippen molar-refractivity contribution in [2.45, 2.75) is 19.8 Å². The number of ether oxygens (including phenoxy) is 2. The molecule has 0 bridgehead atoms. The van der Waals surface area contributed by atoms with Crippen LogP contribution in [0.3, 0.4) is 0 Å². The number of benzene rings is 2. The largest absolute Gasteiger partial charge is 0.493 e. The molecule has 6 heteroatoms. The standard InChI is InChI=1S/C21H26N2O4/c1-4-23(17-8-6-5-7-9-17)21(25)15-20(24)22-13-12-16-10-11-18(26-2)19(14-16)27-3/h5-11,14H,4,12-13,15H2,1-3H3,(H,22,24). The number of hydrogen-bond donors (Lipinski definition) is 1. The number of nitrogens with zero attached hydrogens (tertiary/aromatic N) is 1. The number of nitrogens with one attached hydrogen (secondary N) is 1. The number of anilines is 1. The summed E-state index contributed by atoms with van der Waals surface area (Å²) < 4.78 is 10.5. The second kappa shape index (κ2) is 10.2. The van der Waals surface area contributed by atoms with E-state index < -0.39 is 0 Å². The minimum Gasteiger partial charge on any atom is -0.493 e. The third-order valence-electron chi connectivity index (χ3n) is 4.18. The van der Waals surface area contributed by atoms with Crippen molar-refractivity contribution >= 4 is 17.5 Å². The van der Waals surface area contributed by atoms with Gasteiger partial charge in [0.15, 0.2) is 11.5 Å². The van der Waals surface area contributed by atoms with Gasteiger partial charge < -0.3 is 19.7 Å². The highest BCUT2D eigenvalue weighted by Gasteiger charge is 2.17. The van der Waals surface area contributed by atoms with Gasteiger partial charge in [-0.15, -0.1) is 0 Å². The number of methoxy groups -OCH3 is 2. The van der Waals surface area contributed by atoms with Gasteiger partial charge in [-0.05, 0) is 43.2 Å². The van der Waals surface area contributed by atoms with Crippen molar-refractivity contribution in [3.8, 4) is 11.5 Å². The highest BCUT2D eigenvalue weighted by molar-refractivity contribution is 6.04. The summed E-state index contributed by atoms with van der Waals surface area (Å²) >= 11 is 0. The van der Waals surface area contributed by atoms with Crippen molar-refractivity contribution in [1.82, 2.24) is 5.32 Å². The Kier molecular flexibility index (Phi) is 7.67. The number of hydrogen-bond acceptors (Lipinski definition) is 4.